The quantitative estimate of drug-likeness (QED) is 0.728. The number of rotatable bonds is 5. The molecule has 1 fully saturated rings. The lowest BCUT2D eigenvalue weighted by atomic mass is 10.0. The van der Waals surface area contributed by atoms with Gasteiger partial charge in [0.05, 0.1) is 5.92 Å². The molecule has 0 saturated heterocycles. The van der Waals surface area contributed by atoms with Crippen LogP contribution in [0.5, 0.6) is 0 Å². The fourth-order valence-corrected chi connectivity index (χ4v) is 2.28. The third kappa shape index (κ3) is 3.82. The van der Waals surface area contributed by atoms with Gasteiger partial charge in [0.15, 0.2) is 0 Å². The first-order valence-corrected chi connectivity index (χ1v) is 6.19. The van der Waals surface area contributed by atoms with Crippen molar-refractivity contribution in [1.82, 2.24) is 10.6 Å². The minimum atomic E-state index is 0.193. The lowest BCUT2D eigenvalue weighted by Gasteiger charge is -2.22. The van der Waals surface area contributed by atoms with Crippen LogP contribution < -0.4 is 10.6 Å². The van der Waals surface area contributed by atoms with Gasteiger partial charge < -0.3 is 10.6 Å². The summed E-state index contributed by atoms with van der Waals surface area (Å²) in [5.41, 5.74) is 0. The first-order chi connectivity index (χ1) is 7.15. The van der Waals surface area contributed by atoms with Gasteiger partial charge in [-0.05, 0) is 19.3 Å². The number of hydrogen-bond donors (Lipinski definition) is 2. The van der Waals surface area contributed by atoms with E-state index in [2.05, 4.69) is 31.4 Å². The third-order valence-electron chi connectivity index (χ3n) is 2.95. The Hall–Kier alpha value is -0.570. The Bertz CT molecular complexity index is 204. The molecule has 1 amide bonds. The maximum Gasteiger partial charge on any atom is 0.224 e. The summed E-state index contributed by atoms with van der Waals surface area (Å²) in [6.45, 7) is 7.17. The van der Waals surface area contributed by atoms with E-state index in [-0.39, 0.29) is 11.8 Å². The minimum absolute atomic E-state index is 0.193. The lowest BCUT2D eigenvalue weighted by molar-refractivity contribution is -0.125. The summed E-state index contributed by atoms with van der Waals surface area (Å²) >= 11 is 0. The van der Waals surface area contributed by atoms with Crippen LogP contribution in [0.4, 0.5) is 0 Å². The van der Waals surface area contributed by atoms with Crippen molar-refractivity contribution in [3.8, 4) is 0 Å². The van der Waals surface area contributed by atoms with E-state index in [1.807, 2.05) is 0 Å². The van der Waals surface area contributed by atoms with Crippen molar-refractivity contribution < 1.29 is 4.79 Å². The van der Waals surface area contributed by atoms with Crippen LogP contribution >= 0.6 is 0 Å². The van der Waals surface area contributed by atoms with Crippen molar-refractivity contribution in [1.29, 1.82) is 0 Å². The predicted octanol–water partition coefficient (Wildman–Crippen LogP) is 1.68. The molecule has 2 N–H and O–H groups in total. The van der Waals surface area contributed by atoms with E-state index in [1.165, 1.54) is 6.42 Å². The highest BCUT2D eigenvalue weighted by atomic mass is 16.1. The summed E-state index contributed by atoms with van der Waals surface area (Å²) in [7, 11) is 0. The van der Waals surface area contributed by atoms with Crippen LogP contribution in [-0.2, 0) is 4.79 Å². The topological polar surface area (TPSA) is 41.1 Å². The smallest absolute Gasteiger partial charge is 0.224 e. The summed E-state index contributed by atoms with van der Waals surface area (Å²) in [6.07, 6.45) is 4.37. The molecule has 0 heterocycles. The predicted molar refractivity (Wildman–Crippen MR) is 62.7 cm³/mol. The molecule has 15 heavy (non-hydrogen) atoms. The van der Waals surface area contributed by atoms with Gasteiger partial charge in [0.2, 0.25) is 5.91 Å². The Morgan fingerprint density at radius 2 is 2.13 bits per heavy atom. The molecule has 0 spiro atoms. The second-order valence-electron chi connectivity index (χ2n) is 4.76. The van der Waals surface area contributed by atoms with E-state index in [0.717, 1.165) is 25.8 Å². The Labute approximate surface area is 93.0 Å². The minimum Gasteiger partial charge on any atom is -0.356 e. The van der Waals surface area contributed by atoms with E-state index >= 15 is 0 Å². The van der Waals surface area contributed by atoms with Gasteiger partial charge in [-0.25, -0.2) is 0 Å². The fraction of sp³-hybridized carbons (Fsp3) is 0.917. The summed E-state index contributed by atoms with van der Waals surface area (Å²) in [5.74, 6) is 0.437. The molecule has 0 aromatic carbocycles. The molecular formula is C12H24N2O. The molecule has 1 aliphatic carbocycles. The van der Waals surface area contributed by atoms with Gasteiger partial charge in [-0.1, -0.05) is 27.2 Å². The molecule has 1 saturated carbocycles. The SMILES string of the molecule is CCCNC(=O)[C@H]1CCC[C@H]1NC(C)C. The van der Waals surface area contributed by atoms with Crippen molar-refractivity contribution >= 4 is 5.91 Å². The number of amides is 1. The molecule has 0 unspecified atom stereocenters. The maximum atomic E-state index is 11.8. The van der Waals surface area contributed by atoms with Crippen molar-refractivity contribution in [3.63, 3.8) is 0 Å². The molecule has 3 heteroatoms. The highest BCUT2D eigenvalue weighted by Gasteiger charge is 2.32. The summed E-state index contributed by atoms with van der Waals surface area (Å²) in [5, 5.41) is 6.49. The maximum absolute atomic E-state index is 11.8. The van der Waals surface area contributed by atoms with E-state index in [9.17, 15) is 4.79 Å². The van der Waals surface area contributed by atoms with Crippen molar-refractivity contribution in [2.45, 2.75) is 58.5 Å². The summed E-state index contributed by atoms with van der Waals surface area (Å²) in [6, 6.07) is 0.858. The highest BCUT2D eigenvalue weighted by Crippen LogP contribution is 2.26. The average Bonchev–Trinajstić information content (AvgIpc) is 2.61. The van der Waals surface area contributed by atoms with E-state index in [1.54, 1.807) is 0 Å². The number of hydrogen-bond acceptors (Lipinski definition) is 2. The first kappa shape index (κ1) is 12.5. The average molecular weight is 212 g/mol. The molecule has 3 nitrogen and oxygen atoms in total. The van der Waals surface area contributed by atoms with Gasteiger partial charge in [-0.15, -0.1) is 0 Å². The molecule has 0 bridgehead atoms. The van der Waals surface area contributed by atoms with Crippen LogP contribution in [0.2, 0.25) is 0 Å². The van der Waals surface area contributed by atoms with Gasteiger partial charge in [-0.2, -0.15) is 0 Å². The first-order valence-electron chi connectivity index (χ1n) is 6.19. The van der Waals surface area contributed by atoms with E-state index in [4.69, 9.17) is 0 Å². The summed E-state index contributed by atoms with van der Waals surface area (Å²) < 4.78 is 0. The Kier molecular flexibility index (Phi) is 5.09. The van der Waals surface area contributed by atoms with Crippen molar-refractivity contribution in [2.75, 3.05) is 6.54 Å². The number of carbonyl (C=O) groups is 1. The normalized spacial score (nSPS) is 25.9. The zero-order valence-electron chi connectivity index (χ0n) is 10.2. The van der Waals surface area contributed by atoms with Crippen LogP contribution in [0.3, 0.4) is 0 Å². The van der Waals surface area contributed by atoms with Gasteiger partial charge in [0, 0.05) is 18.6 Å². The molecule has 0 aromatic rings. The monoisotopic (exact) mass is 212 g/mol. The van der Waals surface area contributed by atoms with Crippen LogP contribution in [-0.4, -0.2) is 24.5 Å². The van der Waals surface area contributed by atoms with Crippen LogP contribution in [0.1, 0.15) is 46.5 Å². The molecule has 0 aromatic heterocycles. The van der Waals surface area contributed by atoms with Crippen LogP contribution in [0, 0.1) is 5.92 Å². The Morgan fingerprint density at radius 1 is 1.40 bits per heavy atom. The molecule has 88 valence electrons. The largest absolute Gasteiger partial charge is 0.356 e. The van der Waals surface area contributed by atoms with Crippen LogP contribution in [0.25, 0.3) is 0 Å². The zero-order valence-corrected chi connectivity index (χ0v) is 10.2. The van der Waals surface area contributed by atoms with E-state index in [0.29, 0.717) is 12.1 Å². The van der Waals surface area contributed by atoms with Crippen molar-refractivity contribution in [3.05, 3.63) is 0 Å². The van der Waals surface area contributed by atoms with Gasteiger partial charge in [0.25, 0.3) is 0 Å². The molecule has 1 rings (SSSR count). The second-order valence-corrected chi connectivity index (χ2v) is 4.76. The Balaban J connectivity index is 2.41. The second kappa shape index (κ2) is 6.11. The molecule has 0 aliphatic heterocycles. The number of nitrogens with one attached hydrogen (secondary N) is 2. The molecule has 2 atom stereocenters. The van der Waals surface area contributed by atoms with Gasteiger partial charge >= 0.3 is 0 Å². The van der Waals surface area contributed by atoms with Gasteiger partial charge in [0.1, 0.15) is 0 Å². The van der Waals surface area contributed by atoms with Crippen molar-refractivity contribution in [2.24, 2.45) is 5.92 Å². The molecular weight excluding hydrogens is 188 g/mol. The highest BCUT2D eigenvalue weighted by molar-refractivity contribution is 5.79. The zero-order chi connectivity index (χ0) is 11.3. The molecule has 0 radical (unpaired) electrons. The standard InChI is InChI=1S/C12H24N2O/c1-4-8-13-12(15)10-6-5-7-11(10)14-9(2)3/h9-11,14H,4-8H2,1-3H3,(H,13,15)/t10-,11+/m0/s1. The fourth-order valence-electron chi connectivity index (χ4n) is 2.28. The van der Waals surface area contributed by atoms with Gasteiger partial charge in [-0.3, -0.25) is 4.79 Å². The third-order valence-corrected chi connectivity index (χ3v) is 2.95. The summed E-state index contributed by atoms with van der Waals surface area (Å²) in [4.78, 5) is 11.8. The Morgan fingerprint density at radius 3 is 2.73 bits per heavy atom. The molecule has 1 aliphatic rings. The van der Waals surface area contributed by atoms with Crippen LogP contribution in [0.15, 0.2) is 0 Å². The lowest BCUT2D eigenvalue weighted by Crippen LogP contribution is -2.44. The van der Waals surface area contributed by atoms with E-state index < -0.39 is 0 Å². The number of carbonyl (C=O) groups excluding carboxylic acids is 1.